The monoisotopic (exact) mass is 239 g/mol. The lowest BCUT2D eigenvalue weighted by molar-refractivity contribution is 0.0908. The molecule has 0 unspecified atom stereocenters. The number of ketones is 1. The molecule has 0 N–H and O–H groups in total. The van der Waals surface area contributed by atoms with Gasteiger partial charge in [-0.1, -0.05) is 38.3 Å². The molecule has 1 rings (SSSR count). The van der Waals surface area contributed by atoms with Crippen molar-refractivity contribution in [1.29, 1.82) is 0 Å². The van der Waals surface area contributed by atoms with Crippen LogP contribution in [0.15, 0.2) is 18.3 Å². The molecule has 0 fully saturated rings. The van der Waals surface area contributed by atoms with Crippen LogP contribution in [0.25, 0.3) is 0 Å². The molecule has 0 radical (unpaired) electrons. The molecule has 3 heteroatoms. The third-order valence-corrected chi connectivity index (χ3v) is 2.99. The Morgan fingerprint density at radius 1 is 1.50 bits per heavy atom. The molecule has 0 saturated carbocycles. The quantitative estimate of drug-likeness (QED) is 0.552. The smallest absolute Gasteiger partial charge is 0.166 e. The highest BCUT2D eigenvalue weighted by Crippen LogP contribution is 2.19. The number of unbranched alkanes of at least 4 members (excludes halogenated alkanes) is 1. The van der Waals surface area contributed by atoms with Crippen molar-refractivity contribution in [3.05, 3.63) is 29.0 Å². The van der Waals surface area contributed by atoms with E-state index in [-0.39, 0.29) is 11.7 Å². The molecule has 0 aliphatic rings. The normalized spacial score (nSPS) is 12.4. The number of carbonyl (C=O) groups excluding carboxylic acids is 1. The third-order valence-electron chi connectivity index (χ3n) is 2.78. The Morgan fingerprint density at radius 2 is 2.25 bits per heavy atom. The van der Waals surface area contributed by atoms with Crippen LogP contribution in [0.3, 0.4) is 0 Å². The van der Waals surface area contributed by atoms with Crippen molar-refractivity contribution in [2.24, 2.45) is 5.92 Å². The summed E-state index contributed by atoms with van der Waals surface area (Å²) in [5, 5.41) is 0.385. The van der Waals surface area contributed by atoms with Gasteiger partial charge in [0.2, 0.25) is 0 Å². The van der Waals surface area contributed by atoms with Crippen molar-refractivity contribution < 1.29 is 4.79 Å². The van der Waals surface area contributed by atoms with Crippen molar-refractivity contribution in [2.75, 3.05) is 0 Å². The molecule has 1 aromatic heterocycles. The lowest BCUT2D eigenvalue weighted by atomic mass is 9.91. The van der Waals surface area contributed by atoms with Crippen molar-refractivity contribution >= 4 is 17.4 Å². The summed E-state index contributed by atoms with van der Waals surface area (Å²) in [5.41, 5.74) is 0.683. The Labute approximate surface area is 102 Å². The van der Waals surface area contributed by atoms with Crippen molar-refractivity contribution in [3.63, 3.8) is 0 Å². The number of nitrogens with zero attached hydrogens (tertiary/aromatic N) is 1. The van der Waals surface area contributed by atoms with Crippen molar-refractivity contribution in [3.8, 4) is 0 Å². The van der Waals surface area contributed by atoms with Gasteiger partial charge in [-0.25, -0.2) is 4.98 Å². The predicted octanol–water partition coefficient (Wildman–Crippen LogP) is 4.13. The molecule has 0 amide bonds. The van der Waals surface area contributed by atoms with E-state index in [1.54, 1.807) is 18.3 Å². The van der Waals surface area contributed by atoms with Crippen LogP contribution >= 0.6 is 11.6 Å². The Balaban J connectivity index is 2.74. The molecule has 88 valence electrons. The number of pyridine rings is 1. The molecule has 1 heterocycles. The minimum absolute atomic E-state index is 0.124. The first-order chi connectivity index (χ1) is 7.69. The van der Waals surface area contributed by atoms with Crippen LogP contribution in [0.1, 0.15) is 49.9 Å². The zero-order valence-corrected chi connectivity index (χ0v) is 10.6. The number of carbonyl (C=O) groups is 1. The Hall–Kier alpha value is -0.890. The summed E-state index contributed by atoms with van der Waals surface area (Å²) in [4.78, 5) is 16.0. The summed E-state index contributed by atoms with van der Waals surface area (Å²) in [6, 6.07) is 3.39. The molecule has 2 nitrogen and oxygen atoms in total. The van der Waals surface area contributed by atoms with Gasteiger partial charge in [0.25, 0.3) is 0 Å². The van der Waals surface area contributed by atoms with Crippen LogP contribution < -0.4 is 0 Å². The number of rotatable bonds is 6. The number of halogens is 1. The van der Waals surface area contributed by atoms with Gasteiger partial charge in [-0.2, -0.15) is 0 Å². The van der Waals surface area contributed by atoms with E-state index in [4.69, 9.17) is 11.6 Å². The Morgan fingerprint density at radius 3 is 2.81 bits per heavy atom. The molecule has 0 aliphatic heterocycles. The summed E-state index contributed by atoms with van der Waals surface area (Å²) in [5.74, 6) is 0.318. The molecule has 0 aliphatic carbocycles. The van der Waals surface area contributed by atoms with Gasteiger partial charge in [0.05, 0.1) is 0 Å². The fourth-order valence-electron chi connectivity index (χ4n) is 1.76. The molecular formula is C13H18ClNO. The Kier molecular flexibility index (Phi) is 5.47. The number of Topliss-reactive ketones (excluding diaryl/α,β-unsaturated/α-hetero) is 1. The van der Waals surface area contributed by atoms with Crippen LogP contribution in [0, 0.1) is 5.92 Å². The van der Waals surface area contributed by atoms with Crippen molar-refractivity contribution in [1.82, 2.24) is 4.98 Å². The molecule has 0 saturated heterocycles. The molecule has 16 heavy (non-hydrogen) atoms. The van der Waals surface area contributed by atoms with E-state index in [2.05, 4.69) is 18.8 Å². The first-order valence-electron chi connectivity index (χ1n) is 5.84. The lowest BCUT2D eigenvalue weighted by Gasteiger charge is -2.13. The average Bonchev–Trinajstić information content (AvgIpc) is 2.29. The van der Waals surface area contributed by atoms with Gasteiger partial charge in [-0.15, -0.1) is 0 Å². The topological polar surface area (TPSA) is 30.0 Å². The first-order valence-corrected chi connectivity index (χ1v) is 6.22. The van der Waals surface area contributed by atoms with Gasteiger partial charge in [-0.05, 0) is 25.0 Å². The second-order valence-corrected chi connectivity index (χ2v) is 4.37. The zero-order valence-electron chi connectivity index (χ0n) is 9.87. The van der Waals surface area contributed by atoms with E-state index in [0.29, 0.717) is 10.7 Å². The van der Waals surface area contributed by atoms with Gasteiger partial charge >= 0.3 is 0 Å². The van der Waals surface area contributed by atoms with Gasteiger partial charge in [-0.3, -0.25) is 4.79 Å². The van der Waals surface area contributed by atoms with Crippen LogP contribution in [0.5, 0.6) is 0 Å². The second kappa shape index (κ2) is 6.64. The fraction of sp³-hybridized carbons (Fsp3) is 0.538. The molecule has 1 atom stereocenters. The van der Waals surface area contributed by atoms with Crippen LogP contribution in [-0.2, 0) is 0 Å². The summed E-state index contributed by atoms with van der Waals surface area (Å²) in [6.45, 7) is 4.20. The Bertz CT molecular complexity index is 352. The number of hydrogen-bond donors (Lipinski definition) is 0. The lowest BCUT2D eigenvalue weighted by Crippen LogP contribution is -2.14. The zero-order chi connectivity index (χ0) is 12.0. The highest BCUT2D eigenvalue weighted by molar-refractivity contribution is 6.29. The van der Waals surface area contributed by atoms with Crippen molar-refractivity contribution in [2.45, 2.75) is 39.5 Å². The SMILES string of the molecule is CCCC[C@@H](CC)C(=O)c1ccnc(Cl)c1. The van der Waals surface area contributed by atoms with E-state index in [1.165, 1.54) is 0 Å². The fourth-order valence-corrected chi connectivity index (χ4v) is 1.94. The number of aromatic nitrogens is 1. The highest BCUT2D eigenvalue weighted by Gasteiger charge is 2.17. The summed E-state index contributed by atoms with van der Waals surface area (Å²) >= 11 is 5.78. The average molecular weight is 240 g/mol. The molecular weight excluding hydrogens is 222 g/mol. The summed E-state index contributed by atoms with van der Waals surface area (Å²) < 4.78 is 0. The maximum absolute atomic E-state index is 12.1. The standard InChI is InChI=1S/C13H18ClNO/c1-3-5-6-10(4-2)13(16)11-7-8-15-12(14)9-11/h7-10H,3-6H2,1-2H3/t10-/m1/s1. The van der Waals surface area contributed by atoms with Crippen LogP contribution in [0.4, 0.5) is 0 Å². The maximum Gasteiger partial charge on any atom is 0.166 e. The minimum Gasteiger partial charge on any atom is -0.294 e. The largest absolute Gasteiger partial charge is 0.294 e. The molecule has 0 aromatic carbocycles. The summed E-state index contributed by atoms with van der Waals surface area (Å²) in [7, 11) is 0. The van der Waals surface area contributed by atoms with E-state index < -0.39 is 0 Å². The van der Waals surface area contributed by atoms with Gasteiger partial charge in [0.15, 0.2) is 5.78 Å². The molecule has 1 aromatic rings. The second-order valence-electron chi connectivity index (χ2n) is 3.98. The third kappa shape index (κ3) is 3.60. The highest BCUT2D eigenvalue weighted by atomic mass is 35.5. The first kappa shape index (κ1) is 13.2. The van der Waals surface area contributed by atoms with Gasteiger partial charge < -0.3 is 0 Å². The van der Waals surface area contributed by atoms with Gasteiger partial charge in [0.1, 0.15) is 5.15 Å². The van der Waals surface area contributed by atoms with Gasteiger partial charge in [0, 0.05) is 17.7 Å². The van der Waals surface area contributed by atoms with E-state index in [1.807, 2.05) is 0 Å². The molecule has 0 bridgehead atoms. The van der Waals surface area contributed by atoms with Crippen LogP contribution in [0.2, 0.25) is 5.15 Å². The van der Waals surface area contributed by atoms with E-state index >= 15 is 0 Å². The van der Waals surface area contributed by atoms with E-state index in [9.17, 15) is 4.79 Å². The molecule has 0 spiro atoms. The number of hydrogen-bond acceptors (Lipinski definition) is 2. The van der Waals surface area contributed by atoms with E-state index in [0.717, 1.165) is 25.7 Å². The van der Waals surface area contributed by atoms with Crippen LogP contribution in [-0.4, -0.2) is 10.8 Å². The minimum atomic E-state index is 0.124. The summed E-state index contributed by atoms with van der Waals surface area (Å²) in [6.07, 6.45) is 5.66. The maximum atomic E-state index is 12.1. The predicted molar refractivity (Wildman–Crippen MR) is 66.9 cm³/mol.